The topological polar surface area (TPSA) is 74.8 Å². The molecule has 0 aliphatic heterocycles. The van der Waals surface area contributed by atoms with Crippen molar-refractivity contribution in [3.63, 3.8) is 0 Å². The number of benzene rings is 1. The van der Waals surface area contributed by atoms with Crippen LogP contribution < -0.4 is 10.9 Å². The van der Waals surface area contributed by atoms with Crippen molar-refractivity contribution < 1.29 is 4.79 Å². The van der Waals surface area contributed by atoms with Crippen LogP contribution in [0.3, 0.4) is 0 Å². The van der Waals surface area contributed by atoms with Crippen LogP contribution >= 0.6 is 15.9 Å². The molecule has 0 saturated heterocycles. The maximum Gasteiger partial charge on any atom is 0.264 e. The highest BCUT2D eigenvalue weighted by molar-refractivity contribution is 9.10. The number of aromatic nitrogens is 2. The summed E-state index contributed by atoms with van der Waals surface area (Å²) in [7, 11) is 0. The van der Waals surface area contributed by atoms with Crippen LogP contribution in [0.15, 0.2) is 39.6 Å². The third-order valence-electron chi connectivity index (χ3n) is 3.85. The van der Waals surface area contributed by atoms with Gasteiger partial charge in [0, 0.05) is 16.6 Å². The van der Waals surface area contributed by atoms with Crippen LogP contribution in [0.2, 0.25) is 0 Å². The van der Waals surface area contributed by atoms with Gasteiger partial charge in [0.1, 0.15) is 0 Å². The van der Waals surface area contributed by atoms with Crippen molar-refractivity contribution in [1.29, 1.82) is 0 Å². The molecule has 1 aliphatic carbocycles. The molecule has 22 heavy (non-hydrogen) atoms. The molecule has 6 heteroatoms. The van der Waals surface area contributed by atoms with E-state index in [2.05, 4.69) is 31.4 Å². The van der Waals surface area contributed by atoms with Crippen molar-refractivity contribution >= 4 is 21.8 Å². The number of carbonyl (C=O) groups excluding carboxylic acids is 1. The van der Waals surface area contributed by atoms with E-state index in [0.717, 1.165) is 34.1 Å². The third kappa shape index (κ3) is 3.44. The lowest BCUT2D eigenvalue weighted by molar-refractivity contribution is -0.121. The number of amides is 1. The molecule has 0 saturated carbocycles. The Balaban J connectivity index is 1.63. The molecule has 0 radical (unpaired) electrons. The van der Waals surface area contributed by atoms with Gasteiger partial charge in [-0.1, -0.05) is 34.1 Å². The fraction of sp³-hybridized carbons (Fsp3) is 0.312. The lowest BCUT2D eigenvalue weighted by atomic mass is 9.92. The lowest BCUT2D eigenvalue weighted by Crippen LogP contribution is -2.40. The molecule has 1 heterocycles. The first-order valence-electron chi connectivity index (χ1n) is 7.22. The summed E-state index contributed by atoms with van der Waals surface area (Å²) in [6.45, 7) is 0. The van der Waals surface area contributed by atoms with Gasteiger partial charge < -0.3 is 5.32 Å². The predicted octanol–water partition coefficient (Wildman–Crippen LogP) is 1.75. The molecule has 0 fully saturated rings. The van der Waals surface area contributed by atoms with Gasteiger partial charge in [-0.3, -0.25) is 9.59 Å². The number of carbonyl (C=O) groups is 1. The SMILES string of the molecule is O=C(Cc1ccccc1Br)NC1CCc2n[nH]c(=O)cc2C1. The number of aromatic amines is 1. The van der Waals surface area contributed by atoms with Gasteiger partial charge in [0.05, 0.1) is 12.1 Å². The summed E-state index contributed by atoms with van der Waals surface area (Å²) in [5.74, 6) is -0.00171. The van der Waals surface area contributed by atoms with E-state index in [1.807, 2.05) is 24.3 Å². The Labute approximate surface area is 136 Å². The van der Waals surface area contributed by atoms with E-state index in [1.165, 1.54) is 0 Å². The maximum absolute atomic E-state index is 12.2. The van der Waals surface area contributed by atoms with Crippen molar-refractivity contribution in [2.45, 2.75) is 31.7 Å². The van der Waals surface area contributed by atoms with E-state index in [1.54, 1.807) is 6.07 Å². The molecular weight excluding hydrogens is 346 g/mol. The lowest BCUT2D eigenvalue weighted by Gasteiger charge is -2.24. The van der Waals surface area contributed by atoms with Crippen LogP contribution in [-0.4, -0.2) is 22.1 Å². The van der Waals surface area contributed by atoms with Crippen LogP contribution in [0.25, 0.3) is 0 Å². The van der Waals surface area contributed by atoms with Crippen LogP contribution in [-0.2, 0) is 24.1 Å². The zero-order valence-corrected chi connectivity index (χ0v) is 13.5. The van der Waals surface area contributed by atoms with Gasteiger partial charge in [0.15, 0.2) is 0 Å². The minimum atomic E-state index is -0.195. The standard InChI is InChI=1S/C16H16BrN3O2/c17-13-4-2-1-3-10(13)8-15(21)18-12-5-6-14-11(7-12)9-16(22)20-19-14/h1-4,9,12H,5-8H2,(H,18,21)(H,20,22). The molecule has 3 rings (SSSR count). The van der Waals surface area contributed by atoms with Crippen molar-refractivity contribution in [1.82, 2.24) is 15.5 Å². The number of nitrogens with zero attached hydrogens (tertiary/aromatic N) is 1. The average molecular weight is 362 g/mol. The van der Waals surface area contributed by atoms with Crippen LogP contribution in [0, 0.1) is 0 Å². The highest BCUT2D eigenvalue weighted by Crippen LogP contribution is 2.19. The van der Waals surface area contributed by atoms with Crippen LogP contribution in [0.5, 0.6) is 0 Å². The molecule has 0 bridgehead atoms. The molecule has 0 spiro atoms. The summed E-state index contributed by atoms with van der Waals surface area (Å²) in [6, 6.07) is 9.34. The van der Waals surface area contributed by atoms with Gasteiger partial charge in [-0.05, 0) is 36.5 Å². The Morgan fingerprint density at radius 2 is 2.23 bits per heavy atom. The fourth-order valence-electron chi connectivity index (χ4n) is 2.76. The van der Waals surface area contributed by atoms with Gasteiger partial charge in [-0.2, -0.15) is 5.10 Å². The van der Waals surface area contributed by atoms with E-state index in [0.29, 0.717) is 12.8 Å². The number of nitrogens with one attached hydrogen (secondary N) is 2. The van der Waals surface area contributed by atoms with Crippen molar-refractivity contribution in [3.05, 3.63) is 62.0 Å². The number of rotatable bonds is 3. The zero-order valence-electron chi connectivity index (χ0n) is 11.9. The highest BCUT2D eigenvalue weighted by atomic mass is 79.9. The molecule has 1 aliphatic rings. The molecule has 114 valence electrons. The largest absolute Gasteiger partial charge is 0.353 e. The minimum absolute atomic E-state index is 0.00171. The molecular formula is C16H16BrN3O2. The van der Waals surface area contributed by atoms with Gasteiger partial charge in [-0.15, -0.1) is 0 Å². The Bertz CT molecular complexity index is 757. The smallest absolute Gasteiger partial charge is 0.264 e. The molecule has 1 unspecified atom stereocenters. The number of hydrogen-bond donors (Lipinski definition) is 2. The average Bonchev–Trinajstić information content (AvgIpc) is 2.49. The number of halogens is 1. The summed E-state index contributed by atoms with van der Waals surface area (Å²) in [5.41, 5.74) is 2.63. The normalized spacial score (nSPS) is 16.9. The number of hydrogen-bond acceptors (Lipinski definition) is 3. The quantitative estimate of drug-likeness (QED) is 0.874. The number of fused-ring (bicyclic) bond motifs is 1. The Hall–Kier alpha value is -1.95. The fourth-order valence-corrected chi connectivity index (χ4v) is 3.18. The molecule has 1 amide bonds. The maximum atomic E-state index is 12.2. The van der Waals surface area contributed by atoms with E-state index in [4.69, 9.17) is 0 Å². The molecule has 1 aromatic heterocycles. The van der Waals surface area contributed by atoms with Gasteiger partial charge >= 0.3 is 0 Å². The second-order valence-electron chi connectivity index (χ2n) is 5.48. The Morgan fingerprint density at radius 1 is 1.41 bits per heavy atom. The van der Waals surface area contributed by atoms with Crippen molar-refractivity contribution in [2.75, 3.05) is 0 Å². The molecule has 1 aromatic carbocycles. The summed E-state index contributed by atoms with van der Waals surface area (Å²) in [5, 5.41) is 9.57. The summed E-state index contributed by atoms with van der Waals surface area (Å²) in [6.07, 6.45) is 2.62. The molecule has 2 aromatic rings. The summed E-state index contributed by atoms with van der Waals surface area (Å²) in [4.78, 5) is 23.5. The predicted molar refractivity (Wildman–Crippen MR) is 86.7 cm³/mol. The van der Waals surface area contributed by atoms with Crippen molar-refractivity contribution in [2.24, 2.45) is 0 Å². The van der Waals surface area contributed by atoms with Gasteiger partial charge in [0.25, 0.3) is 5.56 Å². The van der Waals surface area contributed by atoms with E-state index in [-0.39, 0.29) is 17.5 Å². The first-order chi connectivity index (χ1) is 10.6. The molecule has 1 atom stereocenters. The first-order valence-corrected chi connectivity index (χ1v) is 8.01. The monoisotopic (exact) mass is 361 g/mol. The Morgan fingerprint density at radius 3 is 3.05 bits per heavy atom. The van der Waals surface area contributed by atoms with E-state index >= 15 is 0 Å². The highest BCUT2D eigenvalue weighted by Gasteiger charge is 2.21. The van der Waals surface area contributed by atoms with E-state index < -0.39 is 0 Å². The zero-order chi connectivity index (χ0) is 15.5. The second kappa shape index (κ2) is 6.44. The second-order valence-corrected chi connectivity index (χ2v) is 6.33. The van der Waals surface area contributed by atoms with E-state index in [9.17, 15) is 9.59 Å². The first kappa shape index (κ1) is 15.0. The van der Waals surface area contributed by atoms with Gasteiger partial charge in [-0.25, -0.2) is 5.10 Å². The number of aryl methyl sites for hydroxylation is 1. The minimum Gasteiger partial charge on any atom is -0.353 e. The van der Waals surface area contributed by atoms with Gasteiger partial charge in [0.2, 0.25) is 5.91 Å². The Kier molecular flexibility index (Phi) is 4.38. The third-order valence-corrected chi connectivity index (χ3v) is 4.62. The number of H-pyrrole nitrogens is 1. The van der Waals surface area contributed by atoms with Crippen LogP contribution in [0.4, 0.5) is 0 Å². The van der Waals surface area contributed by atoms with Crippen LogP contribution in [0.1, 0.15) is 23.2 Å². The molecule has 2 N–H and O–H groups in total. The molecule has 5 nitrogen and oxygen atoms in total. The van der Waals surface area contributed by atoms with Crippen molar-refractivity contribution in [3.8, 4) is 0 Å². The summed E-state index contributed by atoms with van der Waals surface area (Å²) < 4.78 is 0.940. The summed E-state index contributed by atoms with van der Waals surface area (Å²) >= 11 is 3.45.